The summed E-state index contributed by atoms with van der Waals surface area (Å²) in [7, 11) is -3.45. The molecule has 1 aliphatic heterocycles. The number of hydrogen-bond acceptors (Lipinski definition) is 9. The first kappa shape index (κ1) is 28.3. The summed E-state index contributed by atoms with van der Waals surface area (Å²) >= 11 is 0. The zero-order valence-corrected chi connectivity index (χ0v) is 21.8. The second-order valence-corrected chi connectivity index (χ2v) is 10.9. The summed E-state index contributed by atoms with van der Waals surface area (Å²) < 4.78 is 32.6. The molecule has 0 spiro atoms. The van der Waals surface area contributed by atoms with Gasteiger partial charge in [-0.1, -0.05) is 23.7 Å². The van der Waals surface area contributed by atoms with Crippen LogP contribution < -0.4 is 10.6 Å². The number of rotatable bonds is 16. The van der Waals surface area contributed by atoms with Gasteiger partial charge >= 0.3 is 0 Å². The molecule has 1 saturated heterocycles. The van der Waals surface area contributed by atoms with Crippen molar-refractivity contribution >= 4 is 21.5 Å². The minimum atomic E-state index is -3.45. The second kappa shape index (κ2) is 15.7. The van der Waals surface area contributed by atoms with E-state index < -0.39 is 10.0 Å². The molecule has 1 aromatic rings. The number of anilines is 1. The molecule has 2 heterocycles. The Morgan fingerprint density at radius 1 is 1.22 bits per heavy atom. The smallest absolute Gasteiger partial charge is 0.236 e. The highest BCUT2D eigenvalue weighted by Gasteiger charge is 2.34. The van der Waals surface area contributed by atoms with E-state index in [-0.39, 0.29) is 11.8 Å². The first-order valence-corrected chi connectivity index (χ1v) is 14.5. The summed E-state index contributed by atoms with van der Waals surface area (Å²) in [4.78, 5) is 16.5. The Kier molecular flexibility index (Phi) is 12.4. The number of amidine groups is 1. The molecular weight excluding hydrogens is 482 g/mol. The van der Waals surface area contributed by atoms with Gasteiger partial charge in [-0.2, -0.15) is 5.26 Å². The molecule has 2 aliphatic rings. The number of ether oxygens (including phenoxy) is 1. The number of unbranched alkanes of at least 4 members (excludes halogenated alkanes) is 3. The maximum absolute atomic E-state index is 13.0. The molecule has 12 heteroatoms. The Morgan fingerprint density at radius 2 is 1.97 bits per heavy atom. The molecule has 3 rings (SSSR count). The van der Waals surface area contributed by atoms with Crippen LogP contribution in [0.25, 0.3) is 0 Å². The van der Waals surface area contributed by atoms with Crippen molar-refractivity contribution in [2.45, 2.75) is 51.0 Å². The van der Waals surface area contributed by atoms with E-state index in [9.17, 15) is 8.42 Å². The minimum Gasteiger partial charge on any atom is -0.379 e. The van der Waals surface area contributed by atoms with Gasteiger partial charge in [-0.3, -0.25) is 25.0 Å². The van der Waals surface area contributed by atoms with Crippen LogP contribution in [0.5, 0.6) is 0 Å². The number of hydroxylamine groups is 1. The molecule has 1 aromatic heterocycles. The van der Waals surface area contributed by atoms with E-state index in [2.05, 4.69) is 25.5 Å². The van der Waals surface area contributed by atoms with E-state index in [4.69, 9.17) is 14.8 Å². The van der Waals surface area contributed by atoms with Crippen molar-refractivity contribution in [1.29, 1.82) is 5.26 Å². The molecule has 200 valence electrons. The molecule has 0 amide bonds. The maximum atomic E-state index is 13.0. The monoisotopic (exact) mass is 521 g/mol. The van der Waals surface area contributed by atoms with Crippen LogP contribution in [0.3, 0.4) is 0 Å². The van der Waals surface area contributed by atoms with Crippen molar-refractivity contribution in [2.24, 2.45) is 4.99 Å². The molecular formula is C24H39N7O4S. The normalized spacial score (nSPS) is 17.5. The van der Waals surface area contributed by atoms with Crippen LogP contribution in [-0.2, 0) is 19.6 Å². The molecule has 0 aromatic carbocycles. The average Bonchev–Trinajstić information content (AvgIpc) is 2.86. The lowest BCUT2D eigenvalue weighted by Gasteiger charge is -2.36. The van der Waals surface area contributed by atoms with E-state index in [0.717, 1.165) is 57.3 Å². The molecule has 0 atom stereocenters. The highest BCUT2D eigenvalue weighted by molar-refractivity contribution is 7.88. The van der Waals surface area contributed by atoms with Gasteiger partial charge in [0.25, 0.3) is 0 Å². The van der Waals surface area contributed by atoms with Gasteiger partial charge in [0, 0.05) is 44.3 Å². The lowest BCUT2D eigenvalue weighted by Crippen LogP contribution is -2.46. The fourth-order valence-electron chi connectivity index (χ4n) is 4.01. The van der Waals surface area contributed by atoms with Gasteiger partial charge < -0.3 is 10.1 Å². The molecule has 2 fully saturated rings. The minimum absolute atomic E-state index is 0.0270. The van der Waals surface area contributed by atoms with Crippen LogP contribution in [0.1, 0.15) is 44.9 Å². The van der Waals surface area contributed by atoms with Crippen molar-refractivity contribution in [3.05, 3.63) is 24.5 Å². The molecule has 0 unspecified atom stereocenters. The average molecular weight is 522 g/mol. The third kappa shape index (κ3) is 9.99. The van der Waals surface area contributed by atoms with Gasteiger partial charge in [-0.05, 0) is 37.8 Å². The third-order valence-corrected chi connectivity index (χ3v) is 8.09. The van der Waals surface area contributed by atoms with Crippen LogP contribution in [0.15, 0.2) is 29.5 Å². The van der Waals surface area contributed by atoms with Gasteiger partial charge in [0.15, 0.2) is 6.19 Å². The summed E-state index contributed by atoms with van der Waals surface area (Å²) in [6, 6.07) is 3.67. The zero-order chi connectivity index (χ0) is 25.5. The lowest BCUT2D eigenvalue weighted by atomic mass is 9.94. The van der Waals surface area contributed by atoms with Crippen molar-refractivity contribution in [1.82, 2.24) is 19.7 Å². The summed E-state index contributed by atoms with van der Waals surface area (Å²) in [6.07, 6.45) is 11.2. The number of nitrogens with zero attached hydrogens (tertiary/aromatic N) is 5. The lowest BCUT2D eigenvalue weighted by molar-refractivity contribution is -0.135. The second-order valence-electron chi connectivity index (χ2n) is 9.01. The first-order chi connectivity index (χ1) is 17.6. The molecule has 0 bridgehead atoms. The summed E-state index contributed by atoms with van der Waals surface area (Å²) in [5.41, 5.74) is 0.902. The number of sulfonamides is 1. The Labute approximate surface area is 214 Å². The van der Waals surface area contributed by atoms with E-state index in [1.54, 1.807) is 12.4 Å². The molecule has 1 aliphatic carbocycles. The Balaban J connectivity index is 1.33. The fourth-order valence-corrected chi connectivity index (χ4v) is 5.66. The number of nitrogens with one attached hydrogen (secondary N) is 2. The Hall–Kier alpha value is -2.30. The van der Waals surface area contributed by atoms with Crippen molar-refractivity contribution in [2.75, 3.05) is 63.6 Å². The number of aliphatic imine (C=N–C) groups is 1. The Morgan fingerprint density at radius 3 is 2.67 bits per heavy atom. The zero-order valence-electron chi connectivity index (χ0n) is 21.0. The predicted octanol–water partition coefficient (Wildman–Crippen LogP) is 1.97. The van der Waals surface area contributed by atoms with Crippen molar-refractivity contribution in [3.8, 4) is 6.19 Å². The number of nitriles is 1. The van der Waals surface area contributed by atoms with Crippen molar-refractivity contribution in [3.63, 3.8) is 0 Å². The number of hydrogen-bond donors (Lipinski definition) is 2. The quantitative estimate of drug-likeness (QED) is 0.0836. The molecule has 1 saturated carbocycles. The Bertz CT molecular complexity index is 930. The maximum Gasteiger partial charge on any atom is 0.236 e. The van der Waals surface area contributed by atoms with Gasteiger partial charge in [0.1, 0.15) is 5.84 Å². The summed E-state index contributed by atoms with van der Waals surface area (Å²) in [5, 5.41) is 14.8. The van der Waals surface area contributed by atoms with Gasteiger partial charge in [0.2, 0.25) is 10.0 Å². The predicted molar refractivity (Wildman–Crippen MR) is 139 cm³/mol. The molecule has 2 N–H and O–H groups in total. The van der Waals surface area contributed by atoms with E-state index in [1.165, 1.54) is 4.47 Å². The molecule has 11 nitrogen and oxygen atoms in total. The van der Waals surface area contributed by atoms with Gasteiger partial charge in [0.05, 0.1) is 38.2 Å². The van der Waals surface area contributed by atoms with Gasteiger partial charge in [-0.15, -0.1) is 0 Å². The first-order valence-electron chi connectivity index (χ1n) is 12.9. The largest absolute Gasteiger partial charge is 0.379 e. The van der Waals surface area contributed by atoms with Crippen LogP contribution >= 0.6 is 0 Å². The molecule has 0 radical (unpaired) electrons. The van der Waals surface area contributed by atoms with Crippen LogP contribution in [0.2, 0.25) is 0 Å². The highest BCUT2D eigenvalue weighted by atomic mass is 32.2. The highest BCUT2D eigenvalue weighted by Crippen LogP contribution is 2.28. The topological polar surface area (TPSA) is 132 Å². The number of morpholine rings is 1. The van der Waals surface area contributed by atoms with E-state index in [0.29, 0.717) is 51.7 Å². The van der Waals surface area contributed by atoms with Crippen LogP contribution in [0.4, 0.5) is 5.69 Å². The third-order valence-electron chi connectivity index (χ3n) is 6.33. The van der Waals surface area contributed by atoms with Crippen molar-refractivity contribution < 1.29 is 18.0 Å². The molecule has 36 heavy (non-hydrogen) atoms. The number of pyridine rings is 1. The van der Waals surface area contributed by atoms with Crippen LogP contribution in [-0.4, -0.2) is 92.9 Å². The SMILES string of the molecule is N#CNC(CNc1ccncc1)=NCCCCCCS(=O)(=O)N(OCCN1CCOCC1)C1CCC1. The summed E-state index contributed by atoms with van der Waals surface area (Å²) in [5.74, 6) is 0.670. The summed E-state index contributed by atoms with van der Waals surface area (Å²) in [6.45, 7) is 5.24. The number of aromatic nitrogens is 1. The standard InChI is InChI=1S/C24H39N7O4S/c25-21-29-24(20-28-22-8-11-26-12-9-22)27-10-3-1-2-4-19-36(32,33)31(23-6-5-7-23)35-18-15-30-13-16-34-17-14-30/h8-9,11-12,23H,1-7,10,13-20H2,(H,26,28)(H,27,29). The fraction of sp³-hybridized carbons (Fsp3) is 0.708. The van der Waals surface area contributed by atoms with E-state index >= 15 is 0 Å². The van der Waals surface area contributed by atoms with E-state index in [1.807, 2.05) is 18.3 Å². The van der Waals surface area contributed by atoms with Gasteiger partial charge in [-0.25, -0.2) is 8.42 Å². The van der Waals surface area contributed by atoms with Crippen LogP contribution in [0, 0.1) is 11.5 Å².